The Hall–Kier alpha value is -0.160. The van der Waals surface area contributed by atoms with Crippen molar-refractivity contribution in [2.45, 2.75) is 13.0 Å². The lowest BCUT2D eigenvalue weighted by molar-refractivity contribution is 0.00575. The van der Waals surface area contributed by atoms with Crippen molar-refractivity contribution in [2.24, 2.45) is 5.73 Å². The summed E-state index contributed by atoms with van der Waals surface area (Å²) in [7, 11) is 0. The van der Waals surface area contributed by atoms with Gasteiger partial charge >= 0.3 is 0 Å². The minimum atomic E-state index is 0.369. The standard InChI is InChI=1S/C7H17N3O/c1-7(6-8)9-10-2-4-11-5-3-10/h7,9H,2-6,8H2,1H3. The minimum absolute atomic E-state index is 0.369. The molecule has 1 heterocycles. The second kappa shape index (κ2) is 4.66. The first-order valence-electron chi connectivity index (χ1n) is 4.12. The fourth-order valence-corrected chi connectivity index (χ4v) is 1.06. The first kappa shape index (κ1) is 8.93. The molecule has 1 aliphatic rings. The summed E-state index contributed by atoms with van der Waals surface area (Å²) in [5.41, 5.74) is 8.77. The average Bonchev–Trinajstić information content (AvgIpc) is 2.06. The molecule has 0 aliphatic carbocycles. The third-order valence-electron chi connectivity index (χ3n) is 1.77. The number of hydrogen-bond donors (Lipinski definition) is 2. The molecule has 0 aromatic carbocycles. The second-order valence-corrected chi connectivity index (χ2v) is 2.87. The number of nitrogens with zero attached hydrogens (tertiary/aromatic N) is 1. The monoisotopic (exact) mass is 159 g/mol. The maximum atomic E-state index is 5.47. The molecule has 0 bridgehead atoms. The lowest BCUT2D eigenvalue weighted by Crippen LogP contribution is -2.51. The maximum absolute atomic E-state index is 5.47. The lowest BCUT2D eigenvalue weighted by atomic mass is 10.4. The molecule has 0 radical (unpaired) electrons. The van der Waals surface area contributed by atoms with Crippen LogP contribution in [0.1, 0.15) is 6.92 Å². The zero-order valence-electron chi connectivity index (χ0n) is 7.05. The number of nitrogens with one attached hydrogen (secondary N) is 1. The van der Waals surface area contributed by atoms with Crippen LogP contribution in [0.4, 0.5) is 0 Å². The van der Waals surface area contributed by atoms with Gasteiger partial charge in [0.25, 0.3) is 0 Å². The van der Waals surface area contributed by atoms with Gasteiger partial charge in [-0.1, -0.05) is 0 Å². The Kier molecular flexibility index (Phi) is 3.79. The molecule has 0 spiro atoms. The lowest BCUT2D eigenvalue weighted by Gasteiger charge is -2.29. The van der Waals surface area contributed by atoms with Gasteiger partial charge in [-0.3, -0.25) is 5.43 Å². The number of hydrogen-bond acceptors (Lipinski definition) is 4. The summed E-state index contributed by atoms with van der Waals surface area (Å²) in [5, 5.41) is 2.17. The van der Waals surface area contributed by atoms with Crippen LogP contribution in [0.25, 0.3) is 0 Å². The molecule has 66 valence electrons. The van der Waals surface area contributed by atoms with Crippen LogP contribution in [0.2, 0.25) is 0 Å². The topological polar surface area (TPSA) is 50.5 Å². The molecule has 0 aromatic rings. The molecular weight excluding hydrogens is 142 g/mol. The van der Waals surface area contributed by atoms with Crippen LogP contribution in [0.15, 0.2) is 0 Å². The van der Waals surface area contributed by atoms with Crippen LogP contribution in [0, 0.1) is 0 Å². The van der Waals surface area contributed by atoms with Crippen molar-refractivity contribution in [3.63, 3.8) is 0 Å². The Balaban J connectivity index is 2.13. The van der Waals surface area contributed by atoms with Crippen molar-refractivity contribution in [3.8, 4) is 0 Å². The molecule has 1 atom stereocenters. The van der Waals surface area contributed by atoms with E-state index < -0.39 is 0 Å². The van der Waals surface area contributed by atoms with E-state index in [0.29, 0.717) is 12.6 Å². The van der Waals surface area contributed by atoms with Gasteiger partial charge in [0, 0.05) is 25.7 Å². The van der Waals surface area contributed by atoms with Crippen molar-refractivity contribution in [2.75, 3.05) is 32.8 Å². The van der Waals surface area contributed by atoms with Crippen molar-refractivity contribution in [1.82, 2.24) is 10.4 Å². The molecule has 11 heavy (non-hydrogen) atoms. The van der Waals surface area contributed by atoms with Crippen molar-refractivity contribution in [1.29, 1.82) is 0 Å². The Bertz CT molecular complexity index is 104. The summed E-state index contributed by atoms with van der Waals surface area (Å²) >= 11 is 0. The Morgan fingerprint density at radius 1 is 1.55 bits per heavy atom. The van der Waals surface area contributed by atoms with Gasteiger partial charge in [0.2, 0.25) is 0 Å². The highest BCUT2D eigenvalue weighted by Gasteiger charge is 2.11. The van der Waals surface area contributed by atoms with Crippen LogP contribution in [-0.4, -0.2) is 43.9 Å². The van der Waals surface area contributed by atoms with Crippen LogP contribution >= 0.6 is 0 Å². The highest BCUT2D eigenvalue weighted by Crippen LogP contribution is 1.93. The first-order chi connectivity index (χ1) is 5.33. The zero-order chi connectivity index (χ0) is 8.10. The molecule has 1 unspecified atom stereocenters. The molecule has 0 amide bonds. The smallest absolute Gasteiger partial charge is 0.0608 e. The van der Waals surface area contributed by atoms with E-state index >= 15 is 0 Å². The summed E-state index contributed by atoms with van der Waals surface area (Å²) in [6.07, 6.45) is 0. The average molecular weight is 159 g/mol. The summed E-state index contributed by atoms with van der Waals surface area (Å²) in [6, 6.07) is 0.369. The normalized spacial score (nSPS) is 23.5. The van der Waals surface area contributed by atoms with Gasteiger partial charge in [-0.15, -0.1) is 0 Å². The van der Waals surface area contributed by atoms with Gasteiger partial charge in [-0.05, 0) is 6.92 Å². The third kappa shape index (κ3) is 3.16. The highest BCUT2D eigenvalue weighted by atomic mass is 16.5. The predicted molar refractivity (Wildman–Crippen MR) is 44.0 cm³/mol. The molecule has 4 heteroatoms. The molecule has 1 fully saturated rings. The van der Waals surface area contributed by atoms with Crippen LogP contribution in [0.3, 0.4) is 0 Å². The fourth-order valence-electron chi connectivity index (χ4n) is 1.06. The molecule has 0 aromatic heterocycles. The Labute approximate surface area is 67.7 Å². The van der Waals surface area contributed by atoms with E-state index in [1.165, 1.54) is 0 Å². The quantitative estimate of drug-likeness (QED) is 0.564. The Morgan fingerprint density at radius 3 is 2.73 bits per heavy atom. The zero-order valence-corrected chi connectivity index (χ0v) is 7.05. The summed E-state index contributed by atoms with van der Waals surface area (Å²) in [4.78, 5) is 0. The number of ether oxygens (including phenoxy) is 1. The first-order valence-corrected chi connectivity index (χ1v) is 4.12. The minimum Gasteiger partial charge on any atom is -0.379 e. The molecule has 0 saturated carbocycles. The molecule has 1 aliphatic heterocycles. The third-order valence-corrected chi connectivity index (χ3v) is 1.77. The second-order valence-electron chi connectivity index (χ2n) is 2.87. The van der Waals surface area contributed by atoms with Gasteiger partial charge in [0.15, 0.2) is 0 Å². The van der Waals surface area contributed by atoms with Gasteiger partial charge in [-0.25, -0.2) is 5.01 Å². The number of nitrogens with two attached hydrogens (primary N) is 1. The van der Waals surface area contributed by atoms with Crippen molar-refractivity contribution < 1.29 is 4.74 Å². The summed E-state index contributed by atoms with van der Waals surface area (Å²) in [5.74, 6) is 0. The van der Waals surface area contributed by atoms with E-state index in [1.54, 1.807) is 0 Å². The van der Waals surface area contributed by atoms with Crippen LogP contribution < -0.4 is 11.2 Å². The molecular formula is C7H17N3O. The number of rotatable bonds is 3. The Morgan fingerprint density at radius 2 is 2.18 bits per heavy atom. The van der Waals surface area contributed by atoms with Gasteiger partial charge in [0.1, 0.15) is 0 Å². The van der Waals surface area contributed by atoms with Crippen LogP contribution in [0.5, 0.6) is 0 Å². The molecule has 1 saturated heterocycles. The van der Waals surface area contributed by atoms with Crippen molar-refractivity contribution >= 4 is 0 Å². The number of morpholine rings is 1. The fraction of sp³-hybridized carbons (Fsp3) is 1.00. The largest absolute Gasteiger partial charge is 0.379 e. The van der Waals surface area contributed by atoms with Gasteiger partial charge in [-0.2, -0.15) is 0 Å². The van der Waals surface area contributed by atoms with E-state index in [2.05, 4.69) is 17.4 Å². The van der Waals surface area contributed by atoms with E-state index in [-0.39, 0.29) is 0 Å². The molecule has 1 rings (SSSR count). The maximum Gasteiger partial charge on any atom is 0.0608 e. The van der Waals surface area contributed by atoms with E-state index in [4.69, 9.17) is 10.5 Å². The van der Waals surface area contributed by atoms with Gasteiger partial charge in [0.05, 0.1) is 13.2 Å². The van der Waals surface area contributed by atoms with E-state index in [1.807, 2.05) is 0 Å². The molecule has 3 N–H and O–H groups in total. The van der Waals surface area contributed by atoms with E-state index in [0.717, 1.165) is 26.3 Å². The highest BCUT2D eigenvalue weighted by molar-refractivity contribution is 4.62. The van der Waals surface area contributed by atoms with E-state index in [9.17, 15) is 0 Å². The summed E-state index contributed by atoms with van der Waals surface area (Å²) in [6.45, 7) is 6.33. The molecule has 4 nitrogen and oxygen atoms in total. The van der Waals surface area contributed by atoms with Crippen molar-refractivity contribution in [3.05, 3.63) is 0 Å². The predicted octanol–water partition coefficient (Wildman–Crippen LogP) is -0.830. The summed E-state index contributed by atoms with van der Waals surface area (Å²) < 4.78 is 5.20. The SMILES string of the molecule is CC(CN)NN1CCOCC1. The number of hydrazine groups is 1. The van der Waals surface area contributed by atoms with Crippen LogP contribution in [-0.2, 0) is 4.74 Å². The van der Waals surface area contributed by atoms with Gasteiger partial charge < -0.3 is 10.5 Å².